The number of para-hydroxylation sites is 3. The van der Waals surface area contributed by atoms with E-state index in [2.05, 4.69) is 22.3 Å². The highest BCUT2D eigenvalue weighted by molar-refractivity contribution is 5.93. The summed E-state index contributed by atoms with van der Waals surface area (Å²) in [5.74, 6) is 0.508. The quantitative estimate of drug-likeness (QED) is 0.757. The van der Waals surface area contributed by atoms with Crippen molar-refractivity contribution >= 4 is 11.6 Å². The van der Waals surface area contributed by atoms with Gasteiger partial charge in [0.15, 0.2) is 6.61 Å². The Kier molecular flexibility index (Phi) is 4.86. The van der Waals surface area contributed by atoms with Crippen molar-refractivity contribution in [2.45, 2.75) is 13.3 Å². The average Bonchev–Trinajstić information content (AvgIpc) is 3.15. The fourth-order valence-electron chi connectivity index (χ4n) is 2.38. The lowest BCUT2D eigenvalue weighted by atomic mass is 10.1. The molecule has 0 unspecified atom stereocenters. The Morgan fingerprint density at radius 1 is 1.17 bits per heavy atom. The summed E-state index contributed by atoms with van der Waals surface area (Å²) in [7, 11) is 0. The van der Waals surface area contributed by atoms with Crippen molar-refractivity contribution in [3.63, 3.8) is 0 Å². The fraction of sp³-hybridized carbons (Fsp3) is 0.167. The maximum absolute atomic E-state index is 12.2. The topological polar surface area (TPSA) is 69.0 Å². The first-order chi connectivity index (χ1) is 11.8. The van der Waals surface area contributed by atoms with Crippen LogP contribution in [0.4, 0.5) is 5.69 Å². The molecule has 2 aromatic carbocycles. The molecule has 0 bridgehead atoms. The van der Waals surface area contributed by atoms with Crippen molar-refractivity contribution in [1.29, 1.82) is 0 Å². The van der Waals surface area contributed by atoms with Crippen molar-refractivity contribution in [2.75, 3.05) is 11.9 Å². The fourth-order valence-corrected chi connectivity index (χ4v) is 2.38. The molecule has 0 saturated carbocycles. The predicted molar refractivity (Wildman–Crippen MR) is 91.3 cm³/mol. The second kappa shape index (κ2) is 7.41. The first-order valence-electron chi connectivity index (χ1n) is 7.72. The van der Waals surface area contributed by atoms with Crippen LogP contribution < -0.4 is 10.1 Å². The number of ether oxygens (including phenoxy) is 1. The van der Waals surface area contributed by atoms with Gasteiger partial charge in [-0.1, -0.05) is 37.3 Å². The number of rotatable bonds is 6. The molecular weight excluding hydrogens is 304 g/mol. The van der Waals surface area contributed by atoms with Crippen LogP contribution in [-0.4, -0.2) is 27.3 Å². The molecule has 1 amide bonds. The molecule has 0 fully saturated rings. The summed E-state index contributed by atoms with van der Waals surface area (Å²) < 4.78 is 7.25. The molecule has 0 saturated heterocycles. The zero-order chi connectivity index (χ0) is 16.8. The molecule has 1 heterocycles. The second-order valence-corrected chi connectivity index (χ2v) is 5.16. The summed E-state index contributed by atoms with van der Waals surface area (Å²) in [4.78, 5) is 16.2. The van der Waals surface area contributed by atoms with Crippen molar-refractivity contribution < 1.29 is 9.53 Å². The maximum atomic E-state index is 12.2. The third-order valence-electron chi connectivity index (χ3n) is 3.56. The van der Waals surface area contributed by atoms with Gasteiger partial charge in [-0.05, 0) is 30.2 Å². The minimum Gasteiger partial charge on any atom is -0.483 e. The van der Waals surface area contributed by atoms with Crippen LogP contribution in [-0.2, 0) is 11.2 Å². The molecule has 0 radical (unpaired) electrons. The molecule has 3 aromatic rings. The normalized spacial score (nSPS) is 10.4. The number of carbonyl (C=O) groups is 1. The molecule has 24 heavy (non-hydrogen) atoms. The SMILES string of the molecule is CCc1ccccc1OCC(=O)Nc1ccccc1-n1cncn1. The zero-order valence-electron chi connectivity index (χ0n) is 13.3. The van der Waals surface area contributed by atoms with Gasteiger partial charge in [0, 0.05) is 0 Å². The van der Waals surface area contributed by atoms with E-state index in [9.17, 15) is 4.79 Å². The molecule has 6 nitrogen and oxygen atoms in total. The first kappa shape index (κ1) is 15.7. The van der Waals surface area contributed by atoms with E-state index >= 15 is 0 Å². The molecule has 1 N–H and O–H groups in total. The predicted octanol–water partition coefficient (Wildman–Crippen LogP) is 2.85. The van der Waals surface area contributed by atoms with Crippen LogP contribution in [0.2, 0.25) is 0 Å². The Morgan fingerprint density at radius 3 is 2.75 bits per heavy atom. The van der Waals surface area contributed by atoms with Gasteiger partial charge in [-0.2, -0.15) is 5.10 Å². The lowest BCUT2D eigenvalue weighted by molar-refractivity contribution is -0.118. The minimum absolute atomic E-state index is 0.0529. The Balaban J connectivity index is 1.68. The minimum atomic E-state index is -0.228. The van der Waals surface area contributed by atoms with Crippen molar-refractivity contribution in [3.8, 4) is 11.4 Å². The van der Waals surface area contributed by atoms with Crippen LogP contribution in [0.1, 0.15) is 12.5 Å². The Morgan fingerprint density at radius 2 is 1.96 bits per heavy atom. The van der Waals surface area contributed by atoms with Crippen LogP contribution >= 0.6 is 0 Å². The van der Waals surface area contributed by atoms with Crippen LogP contribution in [0.5, 0.6) is 5.75 Å². The zero-order valence-corrected chi connectivity index (χ0v) is 13.3. The molecule has 0 aliphatic rings. The van der Waals surface area contributed by atoms with E-state index in [-0.39, 0.29) is 12.5 Å². The summed E-state index contributed by atoms with van der Waals surface area (Å²) in [6.07, 6.45) is 3.88. The average molecular weight is 322 g/mol. The van der Waals surface area contributed by atoms with Crippen molar-refractivity contribution in [1.82, 2.24) is 14.8 Å². The number of carbonyl (C=O) groups excluding carboxylic acids is 1. The van der Waals surface area contributed by atoms with Crippen LogP contribution in [0.25, 0.3) is 5.69 Å². The van der Waals surface area contributed by atoms with Crippen molar-refractivity contribution in [3.05, 3.63) is 66.7 Å². The van der Waals surface area contributed by atoms with Gasteiger partial charge in [0.05, 0.1) is 11.4 Å². The van der Waals surface area contributed by atoms with Gasteiger partial charge < -0.3 is 10.1 Å². The molecule has 1 aromatic heterocycles. The van der Waals surface area contributed by atoms with Gasteiger partial charge in [0.25, 0.3) is 5.91 Å². The molecular formula is C18H18N4O2. The summed E-state index contributed by atoms with van der Waals surface area (Å²) in [6.45, 7) is 2.00. The monoisotopic (exact) mass is 322 g/mol. The van der Waals surface area contributed by atoms with Gasteiger partial charge in [-0.25, -0.2) is 9.67 Å². The highest BCUT2D eigenvalue weighted by Crippen LogP contribution is 2.20. The molecule has 3 rings (SSSR count). The Hall–Kier alpha value is -3.15. The van der Waals surface area contributed by atoms with Crippen LogP contribution in [0.3, 0.4) is 0 Å². The highest BCUT2D eigenvalue weighted by Gasteiger charge is 2.10. The smallest absolute Gasteiger partial charge is 0.262 e. The number of amides is 1. The Labute approximate surface area is 140 Å². The van der Waals surface area contributed by atoms with Gasteiger partial charge in [0.1, 0.15) is 18.4 Å². The summed E-state index contributed by atoms with van der Waals surface area (Å²) in [5.41, 5.74) is 2.48. The lowest BCUT2D eigenvalue weighted by Crippen LogP contribution is -2.21. The third kappa shape index (κ3) is 3.60. The number of aryl methyl sites for hydroxylation is 1. The lowest BCUT2D eigenvalue weighted by Gasteiger charge is -2.12. The Bertz CT molecular complexity index is 815. The van der Waals surface area contributed by atoms with Gasteiger partial charge in [-0.15, -0.1) is 0 Å². The van der Waals surface area contributed by atoms with Crippen molar-refractivity contribution in [2.24, 2.45) is 0 Å². The summed E-state index contributed by atoms with van der Waals surface area (Å²) in [5, 5.41) is 6.95. The van der Waals surface area contributed by atoms with Gasteiger partial charge >= 0.3 is 0 Å². The maximum Gasteiger partial charge on any atom is 0.262 e. The molecule has 122 valence electrons. The second-order valence-electron chi connectivity index (χ2n) is 5.16. The van der Waals surface area contributed by atoms with Gasteiger partial charge in [0.2, 0.25) is 0 Å². The van der Waals surface area contributed by atoms with E-state index in [1.807, 2.05) is 48.5 Å². The largest absolute Gasteiger partial charge is 0.483 e. The van der Waals surface area contributed by atoms with Crippen LogP contribution in [0, 0.1) is 0 Å². The third-order valence-corrected chi connectivity index (χ3v) is 3.56. The van der Waals surface area contributed by atoms with E-state index in [0.29, 0.717) is 5.69 Å². The van der Waals surface area contributed by atoms with E-state index < -0.39 is 0 Å². The van der Waals surface area contributed by atoms with E-state index in [0.717, 1.165) is 23.4 Å². The number of nitrogens with zero attached hydrogens (tertiary/aromatic N) is 3. The number of hydrogen-bond acceptors (Lipinski definition) is 4. The number of benzene rings is 2. The number of aromatic nitrogens is 3. The molecule has 0 atom stereocenters. The molecule has 6 heteroatoms. The first-order valence-corrected chi connectivity index (χ1v) is 7.72. The van der Waals surface area contributed by atoms with E-state index in [1.54, 1.807) is 11.0 Å². The van der Waals surface area contributed by atoms with E-state index in [4.69, 9.17) is 4.74 Å². The standard InChI is InChI=1S/C18H18N4O2/c1-2-14-7-3-6-10-17(14)24-11-18(23)21-15-8-4-5-9-16(15)22-13-19-12-20-22/h3-10,12-13H,2,11H2,1H3,(H,21,23). The number of anilines is 1. The number of nitrogens with one attached hydrogen (secondary N) is 1. The summed E-state index contributed by atoms with van der Waals surface area (Å²) in [6, 6.07) is 15.1. The molecule has 0 aliphatic heterocycles. The summed E-state index contributed by atoms with van der Waals surface area (Å²) >= 11 is 0. The van der Waals surface area contributed by atoms with Crippen LogP contribution in [0.15, 0.2) is 61.2 Å². The number of hydrogen-bond donors (Lipinski definition) is 1. The molecule has 0 aliphatic carbocycles. The molecule has 0 spiro atoms. The van der Waals surface area contributed by atoms with Gasteiger partial charge in [-0.3, -0.25) is 4.79 Å². The highest BCUT2D eigenvalue weighted by atomic mass is 16.5. The van der Waals surface area contributed by atoms with E-state index in [1.165, 1.54) is 6.33 Å².